The minimum Gasteiger partial charge on any atom is -0.370 e. The molecule has 0 aliphatic heterocycles. The molecular formula is C10H25Cl2N5O. The van der Waals surface area contributed by atoms with Gasteiger partial charge < -0.3 is 17.2 Å². The highest BCUT2D eigenvalue weighted by molar-refractivity contribution is 5.94. The number of halogens is 2. The van der Waals surface area contributed by atoms with E-state index in [4.69, 9.17) is 17.2 Å². The fourth-order valence-electron chi connectivity index (χ4n) is 1.49. The molecule has 0 saturated heterocycles. The lowest BCUT2D eigenvalue weighted by Gasteiger charge is -2.16. The summed E-state index contributed by atoms with van der Waals surface area (Å²) in [7, 11) is 0. The van der Waals surface area contributed by atoms with Crippen LogP contribution in [0.2, 0.25) is 0 Å². The largest absolute Gasteiger partial charge is 0.370 e. The van der Waals surface area contributed by atoms with Gasteiger partial charge in [0.15, 0.2) is 5.96 Å². The van der Waals surface area contributed by atoms with Crippen LogP contribution in [-0.4, -0.2) is 25.1 Å². The normalized spacial score (nSPS) is 13.8. The Morgan fingerprint density at radius 3 is 2.28 bits per heavy atom. The van der Waals surface area contributed by atoms with E-state index in [0.29, 0.717) is 24.9 Å². The lowest BCUT2D eigenvalue weighted by atomic mass is 9.94. The average Bonchev–Trinajstić information content (AvgIpc) is 2.22. The molecule has 2 amide bonds. The quantitative estimate of drug-likeness (QED) is 0.429. The SMILES string of the molecule is CCC(CN)CC(C)CN=C(N)NC(N)=O.Cl.Cl. The van der Waals surface area contributed by atoms with Gasteiger partial charge in [0.05, 0.1) is 0 Å². The number of amides is 2. The molecule has 0 aromatic rings. The van der Waals surface area contributed by atoms with Crippen LogP contribution in [0.5, 0.6) is 0 Å². The molecule has 2 unspecified atom stereocenters. The van der Waals surface area contributed by atoms with E-state index >= 15 is 0 Å². The van der Waals surface area contributed by atoms with Gasteiger partial charge in [-0.3, -0.25) is 10.3 Å². The van der Waals surface area contributed by atoms with E-state index in [1.54, 1.807) is 0 Å². The molecule has 18 heavy (non-hydrogen) atoms. The summed E-state index contributed by atoms with van der Waals surface area (Å²) in [4.78, 5) is 14.5. The second-order valence-electron chi connectivity index (χ2n) is 4.07. The zero-order valence-electron chi connectivity index (χ0n) is 10.9. The van der Waals surface area contributed by atoms with Crippen LogP contribution < -0.4 is 22.5 Å². The van der Waals surface area contributed by atoms with E-state index in [0.717, 1.165) is 12.8 Å². The second kappa shape index (κ2) is 12.7. The zero-order chi connectivity index (χ0) is 12.6. The van der Waals surface area contributed by atoms with Crippen LogP contribution in [0.1, 0.15) is 26.7 Å². The molecular weight excluding hydrogens is 277 g/mol. The Labute approximate surface area is 121 Å². The second-order valence-corrected chi connectivity index (χ2v) is 4.07. The third-order valence-electron chi connectivity index (χ3n) is 2.47. The maximum atomic E-state index is 10.5. The van der Waals surface area contributed by atoms with Gasteiger partial charge in [-0.05, 0) is 24.8 Å². The van der Waals surface area contributed by atoms with E-state index in [2.05, 4.69) is 24.2 Å². The maximum Gasteiger partial charge on any atom is 0.318 e. The van der Waals surface area contributed by atoms with E-state index in [9.17, 15) is 4.79 Å². The molecule has 0 fully saturated rings. The molecule has 0 heterocycles. The van der Waals surface area contributed by atoms with Gasteiger partial charge in [-0.15, -0.1) is 24.8 Å². The van der Waals surface area contributed by atoms with Gasteiger partial charge in [0, 0.05) is 6.54 Å². The Morgan fingerprint density at radius 2 is 1.89 bits per heavy atom. The number of nitrogens with zero attached hydrogens (tertiary/aromatic N) is 1. The number of urea groups is 1. The Hall–Kier alpha value is -0.720. The molecule has 0 radical (unpaired) electrons. The Balaban J connectivity index is -0.00000112. The standard InChI is InChI=1S/C10H23N5O.2ClH/c1-3-8(5-11)4-7(2)6-14-9(12)15-10(13)16;;/h7-8H,3-6,11H2,1-2H3,(H5,12,13,14,15,16);2*1H. The molecule has 0 aliphatic rings. The van der Waals surface area contributed by atoms with Crippen molar-refractivity contribution in [3.63, 3.8) is 0 Å². The van der Waals surface area contributed by atoms with Crippen LogP contribution >= 0.6 is 24.8 Å². The molecule has 0 rings (SSSR count). The smallest absolute Gasteiger partial charge is 0.318 e. The maximum absolute atomic E-state index is 10.5. The lowest BCUT2D eigenvalue weighted by molar-refractivity contribution is 0.253. The topological polar surface area (TPSA) is 120 Å². The number of nitrogens with one attached hydrogen (secondary N) is 1. The molecule has 0 bridgehead atoms. The first-order chi connectivity index (χ1) is 7.49. The van der Waals surface area contributed by atoms with E-state index in [1.165, 1.54) is 0 Å². The fraction of sp³-hybridized carbons (Fsp3) is 0.800. The third kappa shape index (κ3) is 11.8. The van der Waals surface area contributed by atoms with Crippen LogP contribution in [0.25, 0.3) is 0 Å². The highest BCUT2D eigenvalue weighted by Crippen LogP contribution is 2.14. The molecule has 0 aliphatic carbocycles. The van der Waals surface area contributed by atoms with Gasteiger partial charge in [-0.2, -0.15) is 0 Å². The molecule has 6 nitrogen and oxygen atoms in total. The Morgan fingerprint density at radius 1 is 1.33 bits per heavy atom. The summed E-state index contributed by atoms with van der Waals surface area (Å²) in [5.41, 5.74) is 15.9. The van der Waals surface area contributed by atoms with Gasteiger partial charge >= 0.3 is 6.03 Å². The summed E-state index contributed by atoms with van der Waals surface area (Å²) < 4.78 is 0. The van der Waals surface area contributed by atoms with E-state index < -0.39 is 6.03 Å². The van der Waals surface area contributed by atoms with Crippen molar-refractivity contribution in [1.82, 2.24) is 5.32 Å². The Kier molecular flexibility index (Phi) is 15.9. The highest BCUT2D eigenvalue weighted by Gasteiger charge is 2.09. The van der Waals surface area contributed by atoms with Gasteiger partial charge in [0.2, 0.25) is 0 Å². The number of carbonyl (C=O) groups is 1. The molecule has 8 heteroatoms. The Bertz CT molecular complexity index is 246. The minimum atomic E-state index is -0.692. The number of primary amides is 1. The predicted octanol–water partition coefficient (Wildman–Crippen LogP) is 0.824. The molecule has 0 saturated carbocycles. The van der Waals surface area contributed by atoms with Crippen molar-refractivity contribution in [2.45, 2.75) is 26.7 Å². The van der Waals surface area contributed by atoms with Crippen molar-refractivity contribution in [3.05, 3.63) is 0 Å². The van der Waals surface area contributed by atoms with Gasteiger partial charge in [-0.25, -0.2) is 4.79 Å². The number of guanidine groups is 1. The summed E-state index contributed by atoms with van der Waals surface area (Å²) in [6.07, 6.45) is 2.08. The summed E-state index contributed by atoms with van der Waals surface area (Å²) in [6.45, 7) is 5.47. The van der Waals surface area contributed by atoms with E-state index in [-0.39, 0.29) is 30.8 Å². The summed E-state index contributed by atoms with van der Waals surface area (Å²) in [6, 6.07) is -0.692. The molecule has 0 aromatic carbocycles. The number of rotatable bonds is 6. The lowest BCUT2D eigenvalue weighted by Crippen LogP contribution is -2.40. The average molecular weight is 302 g/mol. The minimum absolute atomic E-state index is 0. The number of carbonyl (C=O) groups excluding carboxylic acids is 1. The first kappa shape index (κ1) is 22.5. The van der Waals surface area contributed by atoms with Crippen LogP contribution in [0.4, 0.5) is 4.79 Å². The van der Waals surface area contributed by atoms with Gasteiger partial charge in [0.25, 0.3) is 0 Å². The van der Waals surface area contributed by atoms with E-state index in [1.807, 2.05) is 0 Å². The van der Waals surface area contributed by atoms with Crippen molar-refractivity contribution >= 4 is 36.8 Å². The number of hydrogen-bond donors (Lipinski definition) is 4. The molecule has 2 atom stereocenters. The van der Waals surface area contributed by atoms with Crippen LogP contribution in [0.3, 0.4) is 0 Å². The van der Waals surface area contributed by atoms with Crippen LogP contribution in [-0.2, 0) is 0 Å². The molecule has 7 N–H and O–H groups in total. The number of hydrogen-bond acceptors (Lipinski definition) is 3. The zero-order valence-corrected chi connectivity index (χ0v) is 12.5. The van der Waals surface area contributed by atoms with Crippen molar-refractivity contribution < 1.29 is 4.79 Å². The number of aliphatic imine (C=N–C) groups is 1. The van der Waals surface area contributed by atoms with Crippen molar-refractivity contribution in [2.75, 3.05) is 13.1 Å². The molecule has 0 spiro atoms. The summed E-state index contributed by atoms with van der Waals surface area (Å²) in [5.74, 6) is 0.984. The third-order valence-corrected chi connectivity index (χ3v) is 2.47. The predicted molar refractivity (Wildman–Crippen MR) is 80.3 cm³/mol. The highest BCUT2D eigenvalue weighted by atomic mass is 35.5. The number of nitrogens with two attached hydrogens (primary N) is 3. The van der Waals surface area contributed by atoms with Gasteiger partial charge in [-0.1, -0.05) is 20.3 Å². The van der Waals surface area contributed by atoms with Crippen LogP contribution in [0, 0.1) is 11.8 Å². The first-order valence-corrected chi connectivity index (χ1v) is 5.56. The fourth-order valence-corrected chi connectivity index (χ4v) is 1.49. The summed E-state index contributed by atoms with van der Waals surface area (Å²) in [5, 5.41) is 2.22. The van der Waals surface area contributed by atoms with Crippen molar-refractivity contribution in [1.29, 1.82) is 0 Å². The monoisotopic (exact) mass is 301 g/mol. The van der Waals surface area contributed by atoms with Gasteiger partial charge in [0.1, 0.15) is 0 Å². The van der Waals surface area contributed by atoms with Crippen LogP contribution in [0.15, 0.2) is 4.99 Å². The molecule has 110 valence electrons. The van der Waals surface area contributed by atoms with Crippen molar-refractivity contribution in [2.24, 2.45) is 34.0 Å². The van der Waals surface area contributed by atoms with Crippen molar-refractivity contribution in [3.8, 4) is 0 Å². The molecule has 0 aromatic heterocycles. The first-order valence-electron chi connectivity index (χ1n) is 5.56. The summed E-state index contributed by atoms with van der Waals surface area (Å²) >= 11 is 0.